The van der Waals surface area contributed by atoms with Crippen molar-refractivity contribution in [3.8, 4) is 0 Å². The van der Waals surface area contributed by atoms with E-state index in [4.69, 9.17) is 18.9 Å². The van der Waals surface area contributed by atoms with Gasteiger partial charge in [0.2, 0.25) is 5.91 Å². The van der Waals surface area contributed by atoms with Crippen LogP contribution in [0.2, 0.25) is 0 Å². The normalized spacial score (nSPS) is 25.9. The van der Waals surface area contributed by atoms with Crippen LogP contribution in [0.15, 0.2) is 0 Å². The van der Waals surface area contributed by atoms with Crippen LogP contribution in [0.25, 0.3) is 0 Å². The van der Waals surface area contributed by atoms with Crippen LogP contribution in [0, 0.1) is 0 Å². The molecular weight excluding hydrogens is 278 g/mol. The Labute approximate surface area is 124 Å². The molecule has 0 aliphatic carbocycles. The molecule has 2 fully saturated rings. The number of methoxy groups -OCH3 is 1. The molecule has 2 saturated heterocycles. The largest absolute Gasteiger partial charge is 0.467 e. The van der Waals surface area contributed by atoms with Gasteiger partial charge in [-0.05, 0) is 12.8 Å². The van der Waals surface area contributed by atoms with Gasteiger partial charge in [0.05, 0.1) is 46.1 Å². The molecule has 7 nitrogen and oxygen atoms in total. The highest BCUT2D eigenvalue weighted by Crippen LogP contribution is 2.13. The van der Waals surface area contributed by atoms with Crippen molar-refractivity contribution in [3.63, 3.8) is 0 Å². The molecule has 2 aliphatic rings. The molecule has 0 aromatic heterocycles. The number of morpholine rings is 1. The first-order chi connectivity index (χ1) is 10.2. The zero-order valence-electron chi connectivity index (χ0n) is 12.4. The molecule has 0 spiro atoms. The Morgan fingerprint density at radius 2 is 2.19 bits per heavy atom. The van der Waals surface area contributed by atoms with E-state index in [-0.39, 0.29) is 25.0 Å². The van der Waals surface area contributed by atoms with E-state index >= 15 is 0 Å². The predicted molar refractivity (Wildman–Crippen MR) is 72.7 cm³/mol. The Balaban J connectivity index is 1.71. The summed E-state index contributed by atoms with van der Waals surface area (Å²) in [5.41, 5.74) is 0. The van der Waals surface area contributed by atoms with Crippen LogP contribution in [0.1, 0.15) is 19.3 Å². The van der Waals surface area contributed by atoms with Gasteiger partial charge in [-0.1, -0.05) is 0 Å². The van der Waals surface area contributed by atoms with Gasteiger partial charge >= 0.3 is 5.97 Å². The van der Waals surface area contributed by atoms with Crippen molar-refractivity contribution in [1.29, 1.82) is 0 Å². The second kappa shape index (κ2) is 8.31. The summed E-state index contributed by atoms with van der Waals surface area (Å²) in [6.07, 6.45) is 2.50. The molecule has 0 radical (unpaired) electrons. The predicted octanol–water partition coefficient (Wildman–Crippen LogP) is -0.0275. The van der Waals surface area contributed by atoms with Gasteiger partial charge in [0.25, 0.3) is 0 Å². The number of carbonyl (C=O) groups excluding carboxylic acids is 2. The average Bonchev–Trinajstić information content (AvgIpc) is 3.04. The molecular formula is C14H23NO6. The highest BCUT2D eigenvalue weighted by atomic mass is 16.5. The first kappa shape index (κ1) is 16.2. The van der Waals surface area contributed by atoms with Crippen LogP contribution < -0.4 is 0 Å². The van der Waals surface area contributed by atoms with Gasteiger partial charge in [-0.25, -0.2) is 4.79 Å². The van der Waals surface area contributed by atoms with Crippen molar-refractivity contribution in [1.82, 2.24) is 4.90 Å². The van der Waals surface area contributed by atoms with E-state index in [9.17, 15) is 9.59 Å². The molecule has 2 unspecified atom stereocenters. The summed E-state index contributed by atoms with van der Waals surface area (Å²) >= 11 is 0. The van der Waals surface area contributed by atoms with E-state index in [1.54, 1.807) is 0 Å². The second-order valence-corrected chi connectivity index (χ2v) is 5.16. The van der Waals surface area contributed by atoms with Crippen LogP contribution >= 0.6 is 0 Å². The fraction of sp³-hybridized carbons (Fsp3) is 0.857. The zero-order chi connectivity index (χ0) is 15.1. The monoisotopic (exact) mass is 301 g/mol. The molecule has 7 heteroatoms. The van der Waals surface area contributed by atoms with Gasteiger partial charge < -0.3 is 23.8 Å². The van der Waals surface area contributed by atoms with Crippen molar-refractivity contribution in [3.05, 3.63) is 0 Å². The smallest absolute Gasteiger partial charge is 0.331 e. The lowest BCUT2D eigenvalue weighted by atomic mass is 10.2. The van der Waals surface area contributed by atoms with E-state index in [2.05, 4.69) is 0 Å². The molecule has 0 aromatic carbocycles. The van der Waals surface area contributed by atoms with Crippen molar-refractivity contribution < 1.29 is 28.5 Å². The third-order valence-electron chi connectivity index (χ3n) is 3.71. The number of ether oxygens (including phenoxy) is 4. The minimum atomic E-state index is -0.644. The number of amides is 1. The van der Waals surface area contributed by atoms with E-state index in [0.29, 0.717) is 26.4 Å². The summed E-state index contributed by atoms with van der Waals surface area (Å²) in [7, 11) is 1.31. The van der Waals surface area contributed by atoms with E-state index in [1.165, 1.54) is 12.0 Å². The van der Waals surface area contributed by atoms with Crippen molar-refractivity contribution in [2.75, 3.05) is 46.7 Å². The molecule has 2 atom stereocenters. The Morgan fingerprint density at radius 1 is 1.33 bits per heavy atom. The molecule has 2 rings (SSSR count). The van der Waals surface area contributed by atoms with Crippen LogP contribution in [0.5, 0.6) is 0 Å². The number of carbonyl (C=O) groups is 2. The van der Waals surface area contributed by atoms with Gasteiger partial charge in [0, 0.05) is 13.2 Å². The van der Waals surface area contributed by atoms with E-state index in [0.717, 1.165) is 19.4 Å². The zero-order valence-corrected chi connectivity index (χ0v) is 12.4. The Hall–Kier alpha value is -1.18. The maximum absolute atomic E-state index is 12.2. The summed E-state index contributed by atoms with van der Waals surface area (Å²) in [6, 6.07) is -0.644. The summed E-state index contributed by atoms with van der Waals surface area (Å²) in [5, 5.41) is 0. The minimum Gasteiger partial charge on any atom is -0.467 e. The molecule has 0 bridgehead atoms. The van der Waals surface area contributed by atoms with Gasteiger partial charge in [0.1, 0.15) is 0 Å². The van der Waals surface area contributed by atoms with E-state index in [1.807, 2.05) is 0 Å². The summed E-state index contributed by atoms with van der Waals surface area (Å²) in [4.78, 5) is 25.3. The standard InChI is InChI=1S/C14H23NO6/c1-18-14(17)12-10-20-8-5-15(12)13(16)4-7-19-9-11-3-2-6-21-11/h11-12H,2-10H2,1H3. The molecule has 0 N–H and O–H groups in total. The lowest BCUT2D eigenvalue weighted by Crippen LogP contribution is -2.53. The lowest BCUT2D eigenvalue weighted by Gasteiger charge is -2.33. The number of hydrogen-bond donors (Lipinski definition) is 0. The summed E-state index contributed by atoms with van der Waals surface area (Å²) < 4.78 is 20.9. The first-order valence-electron chi connectivity index (χ1n) is 7.36. The average molecular weight is 301 g/mol. The minimum absolute atomic E-state index is 0.110. The molecule has 120 valence electrons. The third kappa shape index (κ3) is 4.66. The third-order valence-corrected chi connectivity index (χ3v) is 3.71. The SMILES string of the molecule is COC(=O)C1COCCN1C(=O)CCOCC1CCCO1. The Kier molecular flexibility index (Phi) is 6.41. The van der Waals surface area contributed by atoms with Gasteiger partial charge in [-0.15, -0.1) is 0 Å². The highest BCUT2D eigenvalue weighted by Gasteiger charge is 2.33. The number of hydrogen-bond acceptors (Lipinski definition) is 6. The van der Waals surface area contributed by atoms with Crippen molar-refractivity contribution in [2.45, 2.75) is 31.4 Å². The van der Waals surface area contributed by atoms with Crippen LogP contribution in [-0.2, 0) is 28.5 Å². The van der Waals surface area contributed by atoms with Gasteiger partial charge in [-0.2, -0.15) is 0 Å². The van der Waals surface area contributed by atoms with Gasteiger partial charge in [0.15, 0.2) is 6.04 Å². The first-order valence-corrected chi connectivity index (χ1v) is 7.36. The molecule has 1 amide bonds. The van der Waals surface area contributed by atoms with Crippen LogP contribution in [0.4, 0.5) is 0 Å². The number of nitrogens with zero attached hydrogens (tertiary/aromatic N) is 1. The molecule has 2 heterocycles. The number of esters is 1. The van der Waals surface area contributed by atoms with Crippen molar-refractivity contribution in [2.24, 2.45) is 0 Å². The maximum atomic E-state index is 12.2. The Bertz CT molecular complexity index is 355. The molecule has 0 aromatic rings. The van der Waals surface area contributed by atoms with Crippen LogP contribution in [0.3, 0.4) is 0 Å². The lowest BCUT2D eigenvalue weighted by molar-refractivity contribution is -0.161. The topological polar surface area (TPSA) is 74.3 Å². The molecule has 21 heavy (non-hydrogen) atoms. The van der Waals surface area contributed by atoms with E-state index < -0.39 is 12.0 Å². The van der Waals surface area contributed by atoms with Crippen LogP contribution in [-0.4, -0.2) is 75.6 Å². The van der Waals surface area contributed by atoms with Gasteiger partial charge in [-0.3, -0.25) is 4.79 Å². The molecule has 0 saturated carbocycles. The fourth-order valence-corrected chi connectivity index (χ4v) is 2.53. The second-order valence-electron chi connectivity index (χ2n) is 5.16. The molecule has 2 aliphatic heterocycles. The highest BCUT2D eigenvalue weighted by molar-refractivity contribution is 5.84. The quantitative estimate of drug-likeness (QED) is 0.507. The Morgan fingerprint density at radius 3 is 2.90 bits per heavy atom. The number of rotatable bonds is 6. The van der Waals surface area contributed by atoms with Crippen molar-refractivity contribution >= 4 is 11.9 Å². The fourth-order valence-electron chi connectivity index (χ4n) is 2.53. The maximum Gasteiger partial charge on any atom is 0.331 e. The summed E-state index contributed by atoms with van der Waals surface area (Å²) in [6.45, 7) is 2.69. The summed E-state index contributed by atoms with van der Waals surface area (Å²) in [5.74, 6) is -0.552.